The van der Waals surface area contributed by atoms with Crippen LogP contribution in [-0.2, 0) is 32.8 Å². The molecule has 0 aromatic heterocycles. The number of halogens is 1. The molecule has 0 aliphatic carbocycles. The van der Waals surface area contributed by atoms with Crippen LogP contribution < -0.4 is 9.62 Å². The van der Waals surface area contributed by atoms with Crippen molar-refractivity contribution in [3.05, 3.63) is 100 Å². The Morgan fingerprint density at radius 1 is 0.929 bits per heavy atom. The molecule has 3 aromatic carbocycles. The summed E-state index contributed by atoms with van der Waals surface area (Å²) in [5.41, 5.74) is 3.58. The highest BCUT2D eigenvalue weighted by Gasteiger charge is 2.35. The van der Waals surface area contributed by atoms with Crippen molar-refractivity contribution < 1.29 is 18.0 Å². The van der Waals surface area contributed by atoms with Crippen LogP contribution >= 0.6 is 11.6 Å². The molecule has 0 heterocycles. The van der Waals surface area contributed by atoms with Gasteiger partial charge in [0.2, 0.25) is 11.8 Å². The lowest BCUT2D eigenvalue weighted by molar-refractivity contribution is -0.140. The highest BCUT2D eigenvalue weighted by atomic mass is 35.5. The Labute approximate surface area is 255 Å². The summed E-state index contributed by atoms with van der Waals surface area (Å²) in [4.78, 5) is 29.5. The second-order valence-electron chi connectivity index (χ2n) is 10.6. The fraction of sp³-hybridized carbons (Fsp3) is 0.375. The Morgan fingerprint density at radius 3 is 2.26 bits per heavy atom. The first kappa shape index (κ1) is 33.1. The van der Waals surface area contributed by atoms with Crippen LogP contribution in [0.3, 0.4) is 0 Å². The topological polar surface area (TPSA) is 90.0 Å². The molecule has 1 N–H and O–H groups in total. The standard InChI is InChI=1S/C32H41ClN4O4S/c1-6-7-18-34-32(39)30(21-26-12-9-8-10-13-26)36(22-27-14-11-15-28(33)20-27)31(38)23-37(42(40,41)35(4)5)29-19-24(2)16-17-25(29)3/h8-17,19-20,30H,6-7,18,21-23H2,1-5H3,(H,34,39). The highest BCUT2D eigenvalue weighted by Crippen LogP contribution is 2.26. The normalized spacial score (nSPS) is 12.2. The van der Waals surface area contributed by atoms with Gasteiger partial charge in [-0.05, 0) is 60.7 Å². The van der Waals surface area contributed by atoms with Gasteiger partial charge in [0, 0.05) is 38.6 Å². The quantitative estimate of drug-likeness (QED) is 0.256. The van der Waals surface area contributed by atoms with Crippen molar-refractivity contribution >= 4 is 39.3 Å². The SMILES string of the molecule is CCCCNC(=O)C(Cc1ccccc1)N(Cc1cccc(Cl)c1)C(=O)CN(c1cc(C)ccc1C)S(=O)(=O)N(C)C. The van der Waals surface area contributed by atoms with E-state index in [0.29, 0.717) is 22.8 Å². The van der Waals surface area contributed by atoms with Crippen LogP contribution in [0.15, 0.2) is 72.8 Å². The van der Waals surface area contributed by atoms with Gasteiger partial charge in [0.1, 0.15) is 12.6 Å². The molecule has 0 saturated heterocycles. The molecule has 2 amide bonds. The number of carbonyl (C=O) groups excluding carboxylic acids is 2. The Balaban J connectivity index is 2.11. The maximum atomic E-state index is 14.3. The van der Waals surface area contributed by atoms with Crippen LogP contribution in [0.2, 0.25) is 5.02 Å². The van der Waals surface area contributed by atoms with Crippen molar-refractivity contribution in [3.63, 3.8) is 0 Å². The van der Waals surface area contributed by atoms with E-state index in [0.717, 1.165) is 38.1 Å². The first-order chi connectivity index (χ1) is 19.9. The van der Waals surface area contributed by atoms with Gasteiger partial charge in [-0.2, -0.15) is 12.7 Å². The number of anilines is 1. The van der Waals surface area contributed by atoms with Crippen LogP contribution in [0, 0.1) is 13.8 Å². The molecule has 10 heteroatoms. The molecular formula is C32H41ClN4O4S. The number of hydrogen-bond acceptors (Lipinski definition) is 4. The molecule has 42 heavy (non-hydrogen) atoms. The monoisotopic (exact) mass is 612 g/mol. The van der Waals surface area contributed by atoms with Crippen LogP contribution in [0.5, 0.6) is 0 Å². The predicted octanol–water partition coefficient (Wildman–Crippen LogP) is 5.13. The molecule has 226 valence electrons. The summed E-state index contributed by atoms with van der Waals surface area (Å²) in [6.45, 7) is 5.77. The number of rotatable bonds is 14. The van der Waals surface area contributed by atoms with Gasteiger partial charge < -0.3 is 10.2 Å². The number of aryl methyl sites for hydroxylation is 2. The molecule has 0 fully saturated rings. The summed E-state index contributed by atoms with van der Waals surface area (Å²) in [6, 6.07) is 21.2. The zero-order chi connectivity index (χ0) is 30.9. The zero-order valence-electron chi connectivity index (χ0n) is 25.0. The van der Waals surface area contributed by atoms with Crippen LogP contribution in [-0.4, -0.2) is 62.7 Å². The molecule has 0 aliphatic heterocycles. The maximum absolute atomic E-state index is 14.3. The van der Waals surface area contributed by atoms with E-state index in [4.69, 9.17) is 11.6 Å². The molecule has 0 bridgehead atoms. The number of nitrogens with zero attached hydrogens (tertiary/aromatic N) is 3. The lowest BCUT2D eigenvalue weighted by Gasteiger charge is -2.35. The van der Waals surface area contributed by atoms with E-state index in [-0.39, 0.29) is 18.9 Å². The van der Waals surface area contributed by atoms with E-state index in [1.54, 1.807) is 31.2 Å². The Hall–Kier alpha value is -3.40. The lowest BCUT2D eigenvalue weighted by atomic mass is 10.0. The molecule has 8 nitrogen and oxygen atoms in total. The molecule has 0 saturated carbocycles. The minimum absolute atomic E-state index is 0.0702. The van der Waals surface area contributed by atoms with Crippen molar-refractivity contribution in [2.45, 2.75) is 52.6 Å². The number of nitrogens with one attached hydrogen (secondary N) is 1. The van der Waals surface area contributed by atoms with Crippen molar-refractivity contribution in [1.29, 1.82) is 0 Å². The third-order valence-corrected chi connectivity index (χ3v) is 9.04. The maximum Gasteiger partial charge on any atom is 0.304 e. The van der Waals surface area contributed by atoms with Gasteiger partial charge in [0.05, 0.1) is 5.69 Å². The Kier molecular flexibility index (Phi) is 12.0. The van der Waals surface area contributed by atoms with Gasteiger partial charge in [-0.1, -0.05) is 79.5 Å². The van der Waals surface area contributed by atoms with E-state index in [1.807, 2.05) is 62.4 Å². The van der Waals surface area contributed by atoms with Crippen molar-refractivity contribution in [2.75, 3.05) is 31.5 Å². The van der Waals surface area contributed by atoms with E-state index >= 15 is 0 Å². The van der Waals surface area contributed by atoms with E-state index in [9.17, 15) is 18.0 Å². The molecule has 1 unspecified atom stereocenters. The molecule has 0 spiro atoms. The predicted molar refractivity (Wildman–Crippen MR) is 170 cm³/mol. The Morgan fingerprint density at radius 2 is 1.62 bits per heavy atom. The largest absolute Gasteiger partial charge is 0.354 e. The molecule has 0 aliphatic rings. The first-order valence-corrected chi connectivity index (χ1v) is 15.8. The van der Waals surface area contributed by atoms with Crippen molar-refractivity contribution in [1.82, 2.24) is 14.5 Å². The van der Waals surface area contributed by atoms with Gasteiger partial charge >= 0.3 is 10.2 Å². The number of carbonyl (C=O) groups is 2. The number of benzene rings is 3. The van der Waals surface area contributed by atoms with Gasteiger partial charge in [0.15, 0.2) is 0 Å². The molecule has 1 atom stereocenters. The second kappa shape index (κ2) is 15.2. The van der Waals surface area contributed by atoms with Crippen molar-refractivity contribution in [2.24, 2.45) is 0 Å². The fourth-order valence-corrected chi connectivity index (χ4v) is 5.91. The molecular weight excluding hydrogens is 572 g/mol. The fourth-order valence-electron chi connectivity index (χ4n) is 4.58. The minimum atomic E-state index is -4.06. The highest BCUT2D eigenvalue weighted by molar-refractivity contribution is 7.90. The van der Waals surface area contributed by atoms with Crippen LogP contribution in [0.4, 0.5) is 5.69 Å². The zero-order valence-corrected chi connectivity index (χ0v) is 26.6. The third-order valence-electron chi connectivity index (χ3n) is 6.99. The number of unbranched alkanes of at least 4 members (excludes halogenated alkanes) is 1. The summed E-state index contributed by atoms with van der Waals surface area (Å²) in [5.74, 6) is -0.802. The van der Waals surface area contributed by atoms with Gasteiger partial charge in [-0.3, -0.25) is 9.59 Å². The summed E-state index contributed by atoms with van der Waals surface area (Å²) < 4.78 is 29.4. The minimum Gasteiger partial charge on any atom is -0.354 e. The van der Waals surface area contributed by atoms with Crippen LogP contribution in [0.25, 0.3) is 0 Å². The first-order valence-electron chi connectivity index (χ1n) is 14.1. The summed E-state index contributed by atoms with van der Waals surface area (Å²) >= 11 is 6.28. The van der Waals surface area contributed by atoms with Gasteiger partial charge in [-0.15, -0.1) is 0 Å². The number of amides is 2. The summed E-state index contributed by atoms with van der Waals surface area (Å²) in [6.07, 6.45) is 1.96. The molecule has 3 aromatic rings. The van der Waals surface area contributed by atoms with E-state index in [2.05, 4.69) is 5.32 Å². The van der Waals surface area contributed by atoms with Gasteiger partial charge in [0.25, 0.3) is 0 Å². The summed E-state index contributed by atoms with van der Waals surface area (Å²) in [5, 5.41) is 3.49. The van der Waals surface area contributed by atoms with Gasteiger partial charge in [-0.25, -0.2) is 4.31 Å². The lowest BCUT2D eigenvalue weighted by Crippen LogP contribution is -2.54. The molecule has 3 rings (SSSR count). The van der Waals surface area contributed by atoms with Crippen molar-refractivity contribution in [3.8, 4) is 0 Å². The summed E-state index contributed by atoms with van der Waals surface area (Å²) in [7, 11) is -1.20. The smallest absolute Gasteiger partial charge is 0.304 e. The molecule has 0 radical (unpaired) electrons. The van der Waals surface area contributed by atoms with E-state index < -0.39 is 28.7 Å². The average molecular weight is 613 g/mol. The third kappa shape index (κ3) is 8.80. The second-order valence-corrected chi connectivity index (χ2v) is 13.1. The number of hydrogen-bond donors (Lipinski definition) is 1. The van der Waals surface area contributed by atoms with E-state index in [1.165, 1.54) is 19.0 Å². The Bertz CT molecular complexity index is 1460. The average Bonchev–Trinajstić information content (AvgIpc) is 2.95. The van der Waals surface area contributed by atoms with Crippen LogP contribution in [0.1, 0.15) is 42.0 Å².